The lowest BCUT2D eigenvalue weighted by Gasteiger charge is -2.06. The van der Waals surface area contributed by atoms with E-state index in [0.29, 0.717) is 19.0 Å². The molecule has 0 aromatic carbocycles. The molecule has 1 N–H and O–H groups in total. The van der Waals surface area contributed by atoms with Crippen molar-refractivity contribution in [3.8, 4) is 0 Å². The molecular weight excluding hydrogens is 210 g/mol. The van der Waals surface area contributed by atoms with Gasteiger partial charge in [-0.1, -0.05) is 0 Å². The van der Waals surface area contributed by atoms with Crippen molar-refractivity contribution in [2.75, 3.05) is 25.6 Å². The summed E-state index contributed by atoms with van der Waals surface area (Å²) in [7, 11) is 1.62. The molecule has 6 nitrogen and oxygen atoms in total. The number of hydrogen-bond donors (Lipinski definition) is 1. The SMILES string of the molecule is COCCCNc1nc(C)ccc1[N+](=O)[O-]. The molecule has 6 heteroatoms. The van der Waals surface area contributed by atoms with Gasteiger partial charge in [0.25, 0.3) is 0 Å². The first kappa shape index (κ1) is 12.4. The third-order valence-corrected chi connectivity index (χ3v) is 2.03. The van der Waals surface area contributed by atoms with Gasteiger partial charge in [-0.25, -0.2) is 4.98 Å². The summed E-state index contributed by atoms with van der Waals surface area (Å²) in [4.78, 5) is 14.4. The van der Waals surface area contributed by atoms with Crippen LogP contribution in [0.5, 0.6) is 0 Å². The van der Waals surface area contributed by atoms with Crippen LogP contribution in [0.25, 0.3) is 0 Å². The van der Waals surface area contributed by atoms with Gasteiger partial charge in [-0.2, -0.15) is 0 Å². The second kappa shape index (κ2) is 6.02. The Morgan fingerprint density at radius 1 is 1.56 bits per heavy atom. The summed E-state index contributed by atoms with van der Waals surface area (Å²) in [5.74, 6) is 0.320. The minimum atomic E-state index is -0.439. The molecule has 16 heavy (non-hydrogen) atoms. The number of ether oxygens (including phenoxy) is 1. The first-order valence-corrected chi connectivity index (χ1v) is 5.00. The normalized spacial score (nSPS) is 10.1. The summed E-state index contributed by atoms with van der Waals surface area (Å²) in [6.07, 6.45) is 0.781. The van der Waals surface area contributed by atoms with Crippen molar-refractivity contribution >= 4 is 11.5 Å². The molecule has 0 radical (unpaired) electrons. The minimum absolute atomic E-state index is 0.00279. The first-order valence-electron chi connectivity index (χ1n) is 5.00. The van der Waals surface area contributed by atoms with Crippen molar-refractivity contribution in [3.63, 3.8) is 0 Å². The van der Waals surface area contributed by atoms with E-state index in [9.17, 15) is 10.1 Å². The van der Waals surface area contributed by atoms with Crippen LogP contribution in [0.15, 0.2) is 12.1 Å². The van der Waals surface area contributed by atoms with Crippen LogP contribution < -0.4 is 5.32 Å². The highest BCUT2D eigenvalue weighted by molar-refractivity contribution is 5.55. The molecule has 1 heterocycles. The molecule has 0 aliphatic carbocycles. The molecule has 1 aromatic heterocycles. The van der Waals surface area contributed by atoms with Crippen molar-refractivity contribution in [2.45, 2.75) is 13.3 Å². The molecule has 1 aromatic rings. The van der Waals surface area contributed by atoms with E-state index in [2.05, 4.69) is 10.3 Å². The van der Waals surface area contributed by atoms with Gasteiger partial charge in [0.15, 0.2) is 0 Å². The van der Waals surface area contributed by atoms with Crippen LogP contribution in [-0.2, 0) is 4.74 Å². The summed E-state index contributed by atoms with van der Waals surface area (Å²) in [5.41, 5.74) is 0.753. The van der Waals surface area contributed by atoms with Crippen LogP contribution in [0.4, 0.5) is 11.5 Å². The highest BCUT2D eigenvalue weighted by Crippen LogP contribution is 2.21. The first-order chi connectivity index (χ1) is 7.65. The van der Waals surface area contributed by atoms with Crippen LogP contribution in [0.3, 0.4) is 0 Å². The zero-order valence-corrected chi connectivity index (χ0v) is 9.40. The van der Waals surface area contributed by atoms with E-state index in [4.69, 9.17) is 4.74 Å². The van der Waals surface area contributed by atoms with Crippen molar-refractivity contribution in [1.82, 2.24) is 4.98 Å². The van der Waals surface area contributed by atoms with E-state index in [1.54, 1.807) is 20.1 Å². The highest BCUT2D eigenvalue weighted by atomic mass is 16.6. The van der Waals surface area contributed by atoms with Crippen molar-refractivity contribution < 1.29 is 9.66 Å². The summed E-state index contributed by atoms with van der Waals surface area (Å²) < 4.78 is 4.89. The van der Waals surface area contributed by atoms with Crippen molar-refractivity contribution in [1.29, 1.82) is 0 Å². The van der Waals surface area contributed by atoms with Gasteiger partial charge in [-0.3, -0.25) is 10.1 Å². The second-order valence-electron chi connectivity index (χ2n) is 3.35. The molecule has 0 fully saturated rings. The molecule has 0 aliphatic heterocycles. The van der Waals surface area contributed by atoms with Crippen LogP contribution >= 0.6 is 0 Å². The predicted molar refractivity (Wildman–Crippen MR) is 60.6 cm³/mol. The number of aromatic nitrogens is 1. The number of anilines is 1. The van der Waals surface area contributed by atoms with Gasteiger partial charge in [0.05, 0.1) is 4.92 Å². The molecule has 0 bridgehead atoms. The zero-order chi connectivity index (χ0) is 12.0. The fourth-order valence-corrected chi connectivity index (χ4v) is 1.25. The molecule has 0 saturated heterocycles. The van der Waals surface area contributed by atoms with Crippen molar-refractivity contribution in [2.24, 2.45) is 0 Å². The number of rotatable bonds is 6. The van der Waals surface area contributed by atoms with Crippen LogP contribution in [0, 0.1) is 17.0 Å². The Kier molecular flexibility index (Phi) is 4.65. The topological polar surface area (TPSA) is 77.3 Å². The van der Waals surface area contributed by atoms with E-state index in [0.717, 1.165) is 12.1 Å². The lowest BCUT2D eigenvalue weighted by molar-refractivity contribution is -0.384. The number of methoxy groups -OCH3 is 1. The Morgan fingerprint density at radius 2 is 2.31 bits per heavy atom. The van der Waals surface area contributed by atoms with Gasteiger partial charge in [0, 0.05) is 32.0 Å². The Bertz CT molecular complexity index is 368. The van der Waals surface area contributed by atoms with Gasteiger partial charge in [0.1, 0.15) is 0 Å². The molecule has 0 amide bonds. The van der Waals surface area contributed by atoms with Gasteiger partial charge in [0.2, 0.25) is 5.82 Å². The molecule has 0 aliphatic rings. The number of aryl methyl sites for hydroxylation is 1. The molecular formula is C10H15N3O3. The van der Waals surface area contributed by atoms with Gasteiger partial charge in [-0.05, 0) is 19.4 Å². The summed E-state index contributed by atoms with van der Waals surface area (Å²) in [5, 5.41) is 13.7. The maximum absolute atomic E-state index is 10.7. The summed E-state index contributed by atoms with van der Waals surface area (Å²) in [6, 6.07) is 3.08. The van der Waals surface area contributed by atoms with E-state index in [-0.39, 0.29) is 5.69 Å². The van der Waals surface area contributed by atoms with E-state index < -0.39 is 4.92 Å². The average molecular weight is 225 g/mol. The standard InChI is InChI=1S/C10H15N3O3/c1-8-4-5-9(13(14)15)10(12-8)11-6-3-7-16-2/h4-5H,3,6-7H2,1-2H3,(H,11,12). The smallest absolute Gasteiger partial charge is 0.311 e. The van der Waals surface area contributed by atoms with E-state index in [1.807, 2.05) is 0 Å². The second-order valence-corrected chi connectivity index (χ2v) is 3.35. The molecule has 1 rings (SSSR count). The Morgan fingerprint density at radius 3 is 2.94 bits per heavy atom. The lowest BCUT2D eigenvalue weighted by Crippen LogP contribution is -2.08. The molecule has 88 valence electrons. The van der Waals surface area contributed by atoms with Crippen molar-refractivity contribution in [3.05, 3.63) is 27.9 Å². The largest absolute Gasteiger partial charge is 0.385 e. The quantitative estimate of drug-likeness (QED) is 0.453. The summed E-state index contributed by atoms with van der Waals surface area (Å²) >= 11 is 0. The number of nitrogens with zero attached hydrogens (tertiary/aromatic N) is 2. The van der Waals surface area contributed by atoms with E-state index >= 15 is 0 Å². The zero-order valence-electron chi connectivity index (χ0n) is 9.40. The fourth-order valence-electron chi connectivity index (χ4n) is 1.25. The highest BCUT2D eigenvalue weighted by Gasteiger charge is 2.14. The molecule has 0 atom stereocenters. The third-order valence-electron chi connectivity index (χ3n) is 2.03. The fraction of sp³-hybridized carbons (Fsp3) is 0.500. The number of nitro groups is 1. The third kappa shape index (κ3) is 3.47. The molecule has 0 unspecified atom stereocenters. The van der Waals surface area contributed by atoms with Crippen LogP contribution in [0.2, 0.25) is 0 Å². The monoisotopic (exact) mass is 225 g/mol. The molecule has 0 saturated carbocycles. The maximum Gasteiger partial charge on any atom is 0.311 e. The summed E-state index contributed by atoms with van der Waals surface area (Å²) in [6.45, 7) is 3.02. The predicted octanol–water partition coefficient (Wildman–Crippen LogP) is 1.75. The number of nitrogens with one attached hydrogen (secondary N) is 1. The Hall–Kier alpha value is -1.69. The van der Waals surface area contributed by atoms with Gasteiger partial charge >= 0.3 is 5.69 Å². The van der Waals surface area contributed by atoms with Crippen LogP contribution in [0.1, 0.15) is 12.1 Å². The minimum Gasteiger partial charge on any atom is -0.385 e. The van der Waals surface area contributed by atoms with Gasteiger partial charge in [-0.15, -0.1) is 0 Å². The number of pyridine rings is 1. The maximum atomic E-state index is 10.7. The van der Waals surface area contributed by atoms with E-state index in [1.165, 1.54) is 6.07 Å². The lowest BCUT2D eigenvalue weighted by atomic mass is 10.3. The van der Waals surface area contributed by atoms with Gasteiger partial charge < -0.3 is 10.1 Å². The Balaban J connectivity index is 2.68. The average Bonchev–Trinajstić information content (AvgIpc) is 2.24. The number of hydrogen-bond acceptors (Lipinski definition) is 5. The Labute approximate surface area is 93.8 Å². The van der Waals surface area contributed by atoms with Crippen LogP contribution in [-0.4, -0.2) is 30.2 Å². The molecule has 0 spiro atoms.